The van der Waals surface area contributed by atoms with Crippen molar-refractivity contribution >= 4 is 40.6 Å². The number of nitrogens with one attached hydrogen (secondary N) is 1. The summed E-state index contributed by atoms with van der Waals surface area (Å²) in [4.78, 5) is 25.3. The van der Waals surface area contributed by atoms with Gasteiger partial charge in [0.25, 0.3) is 0 Å². The Morgan fingerprint density at radius 2 is 2.08 bits per heavy atom. The number of hydrogen-bond acceptors (Lipinski definition) is 5. The van der Waals surface area contributed by atoms with Gasteiger partial charge >= 0.3 is 11.9 Å². The van der Waals surface area contributed by atoms with E-state index in [1.165, 1.54) is 6.92 Å². The Balaban J connectivity index is 2.64. The average Bonchev–Trinajstić information content (AvgIpc) is 2.91. The van der Waals surface area contributed by atoms with E-state index in [-0.39, 0.29) is 6.42 Å². The lowest BCUT2D eigenvalue weighted by atomic mass is 10.2. The van der Waals surface area contributed by atoms with E-state index in [9.17, 15) is 28.1 Å². The zero-order valence-electron chi connectivity index (χ0n) is 12.3. The number of nitrogens with zero attached hydrogens (tertiary/aromatic N) is 4. The van der Waals surface area contributed by atoms with Crippen LogP contribution in [0.2, 0.25) is 10.2 Å². The van der Waals surface area contributed by atoms with Crippen molar-refractivity contribution < 1.29 is 22.9 Å². The summed E-state index contributed by atoms with van der Waals surface area (Å²) in [6, 6.07) is 0.519. The molecule has 0 aliphatic heterocycles. The molecule has 0 aliphatic carbocycles. The molecule has 2 heterocycles. The molecule has 0 fully saturated rings. The number of nitro groups is 1. The van der Waals surface area contributed by atoms with E-state index < -0.39 is 50.1 Å². The molecule has 2 rings (SSSR count). The van der Waals surface area contributed by atoms with Gasteiger partial charge in [-0.05, 0) is 6.07 Å². The summed E-state index contributed by atoms with van der Waals surface area (Å²) in [7, 11) is 0. The fourth-order valence-electron chi connectivity index (χ4n) is 1.78. The second-order valence-corrected chi connectivity index (χ2v) is 5.34. The molecule has 0 aliphatic rings. The Morgan fingerprint density at radius 1 is 1.44 bits per heavy atom. The predicted octanol–water partition coefficient (Wildman–Crippen LogP) is 3.85. The van der Waals surface area contributed by atoms with Crippen LogP contribution in [0.15, 0.2) is 12.3 Å². The van der Waals surface area contributed by atoms with Gasteiger partial charge in [-0.1, -0.05) is 30.1 Å². The highest BCUT2D eigenvalue weighted by Crippen LogP contribution is 2.38. The third kappa shape index (κ3) is 3.82. The van der Waals surface area contributed by atoms with E-state index in [0.29, 0.717) is 6.07 Å². The van der Waals surface area contributed by atoms with Gasteiger partial charge in [-0.2, -0.15) is 23.0 Å². The summed E-state index contributed by atoms with van der Waals surface area (Å²) in [5.41, 5.74) is -1.86. The van der Waals surface area contributed by atoms with E-state index in [1.54, 1.807) is 0 Å². The van der Waals surface area contributed by atoms with Crippen molar-refractivity contribution in [2.75, 3.05) is 5.32 Å². The molecule has 0 atom stereocenters. The highest BCUT2D eigenvalue weighted by atomic mass is 35.5. The lowest BCUT2D eigenvalue weighted by molar-refractivity contribution is -0.384. The van der Waals surface area contributed by atoms with Gasteiger partial charge < -0.3 is 5.32 Å². The SMILES string of the molecule is CCC(=O)Nc1c([N+](=O)[O-])cnn1-c1nc(Cl)c(C(F)(F)F)cc1Cl. The zero-order chi connectivity index (χ0) is 18.9. The number of aromatic nitrogens is 3. The first-order chi connectivity index (χ1) is 11.6. The monoisotopic (exact) mass is 397 g/mol. The average molecular weight is 398 g/mol. The van der Waals surface area contributed by atoms with Gasteiger partial charge in [0, 0.05) is 6.42 Å². The number of halogens is 5. The summed E-state index contributed by atoms with van der Waals surface area (Å²) in [5.74, 6) is -1.39. The number of rotatable bonds is 4. The van der Waals surface area contributed by atoms with Crippen LogP contribution < -0.4 is 5.32 Å². The second-order valence-electron chi connectivity index (χ2n) is 4.58. The molecule has 1 N–H and O–H groups in total. The highest BCUT2D eigenvalue weighted by molar-refractivity contribution is 6.34. The van der Waals surface area contributed by atoms with Gasteiger partial charge in [-0.15, -0.1) is 0 Å². The number of anilines is 1. The van der Waals surface area contributed by atoms with Crippen LogP contribution in [0.4, 0.5) is 24.7 Å². The third-order valence-corrected chi connectivity index (χ3v) is 3.51. The second kappa shape index (κ2) is 6.84. The summed E-state index contributed by atoms with van der Waals surface area (Å²) >= 11 is 11.3. The van der Waals surface area contributed by atoms with Gasteiger partial charge in [0.2, 0.25) is 11.7 Å². The van der Waals surface area contributed by atoms with E-state index in [0.717, 1.165) is 10.9 Å². The molecular formula is C12H8Cl2F3N5O3. The predicted molar refractivity (Wildman–Crippen MR) is 82.0 cm³/mol. The number of pyridine rings is 1. The van der Waals surface area contributed by atoms with Crippen molar-refractivity contribution in [3.05, 3.63) is 38.1 Å². The molecule has 25 heavy (non-hydrogen) atoms. The van der Waals surface area contributed by atoms with Crippen molar-refractivity contribution in [2.24, 2.45) is 0 Å². The lowest BCUT2D eigenvalue weighted by Crippen LogP contribution is -2.16. The van der Waals surface area contributed by atoms with Crippen LogP contribution in [-0.4, -0.2) is 25.6 Å². The maximum atomic E-state index is 12.8. The minimum absolute atomic E-state index is 0.00272. The molecular weight excluding hydrogens is 390 g/mol. The van der Waals surface area contributed by atoms with Gasteiger partial charge in [-0.3, -0.25) is 14.9 Å². The van der Waals surface area contributed by atoms with Crippen molar-refractivity contribution in [1.29, 1.82) is 0 Å². The largest absolute Gasteiger partial charge is 0.419 e. The Bertz CT molecular complexity index is 853. The Kier molecular flexibility index (Phi) is 5.18. The van der Waals surface area contributed by atoms with Crippen molar-refractivity contribution in [3.63, 3.8) is 0 Å². The quantitative estimate of drug-likeness (QED) is 0.479. The fraction of sp³-hybridized carbons (Fsp3) is 0.250. The summed E-state index contributed by atoms with van der Waals surface area (Å²) in [6.45, 7) is 1.50. The fourth-order valence-corrected chi connectivity index (χ4v) is 2.25. The van der Waals surface area contributed by atoms with E-state index >= 15 is 0 Å². The molecule has 2 aromatic heterocycles. The van der Waals surface area contributed by atoms with Crippen molar-refractivity contribution in [2.45, 2.75) is 19.5 Å². The molecule has 8 nitrogen and oxygen atoms in total. The molecule has 13 heteroatoms. The number of hydrogen-bond donors (Lipinski definition) is 1. The molecule has 0 radical (unpaired) electrons. The van der Waals surface area contributed by atoms with Gasteiger partial charge in [-0.25, -0.2) is 4.98 Å². The van der Waals surface area contributed by atoms with Crippen molar-refractivity contribution in [3.8, 4) is 5.82 Å². The number of alkyl halides is 3. The van der Waals surface area contributed by atoms with Crippen LogP contribution in [0.1, 0.15) is 18.9 Å². The van der Waals surface area contributed by atoms with E-state index in [1.807, 2.05) is 0 Å². The minimum atomic E-state index is -4.79. The summed E-state index contributed by atoms with van der Waals surface area (Å²) in [5, 5.41) is 15.5. The first kappa shape index (κ1) is 18.9. The molecule has 2 aromatic rings. The molecule has 0 unspecified atom stereocenters. The van der Waals surface area contributed by atoms with Gasteiger partial charge in [0.15, 0.2) is 5.82 Å². The molecule has 0 spiro atoms. The summed E-state index contributed by atoms with van der Waals surface area (Å²) in [6.07, 6.45) is -3.99. The van der Waals surface area contributed by atoms with Crippen LogP contribution in [0, 0.1) is 10.1 Å². The minimum Gasteiger partial charge on any atom is -0.305 e. The molecule has 0 aromatic carbocycles. The Morgan fingerprint density at radius 3 is 2.60 bits per heavy atom. The van der Waals surface area contributed by atoms with Crippen LogP contribution >= 0.6 is 23.2 Å². The smallest absolute Gasteiger partial charge is 0.305 e. The molecule has 0 bridgehead atoms. The highest BCUT2D eigenvalue weighted by Gasteiger charge is 2.35. The third-order valence-electron chi connectivity index (χ3n) is 2.94. The molecule has 1 amide bonds. The molecule has 134 valence electrons. The van der Waals surface area contributed by atoms with Crippen molar-refractivity contribution in [1.82, 2.24) is 14.8 Å². The standard InChI is InChI=1S/C12H8Cl2F3N5O3/c1-2-8(23)19-11-7(22(24)25)4-18-21(11)10-6(13)3-5(9(14)20-10)12(15,16)17/h3-4H,2H2,1H3,(H,19,23). The normalized spacial score (nSPS) is 11.4. The zero-order valence-corrected chi connectivity index (χ0v) is 13.8. The van der Waals surface area contributed by atoms with E-state index in [4.69, 9.17) is 23.2 Å². The van der Waals surface area contributed by atoms with Gasteiger partial charge in [0.1, 0.15) is 11.3 Å². The van der Waals surface area contributed by atoms with Crippen LogP contribution in [0.25, 0.3) is 5.82 Å². The number of carbonyl (C=O) groups is 1. The Hall–Kier alpha value is -2.40. The topological polar surface area (TPSA) is 103 Å². The first-order valence-electron chi connectivity index (χ1n) is 6.52. The molecule has 0 saturated heterocycles. The number of amides is 1. The first-order valence-corrected chi connectivity index (χ1v) is 7.27. The number of carbonyl (C=O) groups excluding carboxylic acids is 1. The van der Waals surface area contributed by atoms with Gasteiger partial charge in [0.05, 0.1) is 15.5 Å². The molecule has 0 saturated carbocycles. The van der Waals surface area contributed by atoms with Crippen LogP contribution in [0.3, 0.4) is 0 Å². The van der Waals surface area contributed by atoms with Crippen LogP contribution in [-0.2, 0) is 11.0 Å². The Labute approximate surface area is 147 Å². The maximum Gasteiger partial charge on any atom is 0.419 e. The lowest BCUT2D eigenvalue weighted by Gasteiger charge is -2.13. The summed E-state index contributed by atoms with van der Waals surface area (Å²) < 4.78 is 39.2. The van der Waals surface area contributed by atoms with Crippen LogP contribution in [0.5, 0.6) is 0 Å². The van der Waals surface area contributed by atoms with E-state index in [2.05, 4.69) is 15.4 Å². The maximum absolute atomic E-state index is 12.8.